The van der Waals surface area contributed by atoms with Crippen molar-refractivity contribution in [2.24, 2.45) is 0 Å². The Labute approximate surface area is 192 Å². The second-order valence-corrected chi connectivity index (χ2v) is 8.42. The Kier molecular flexibility index (Phi) is 6.19. The number of aromatic amines is 1. The van der Waals surface area contributed by atoms with Crippen molar-refractivity contribution in [3.8, 4) is 5.69 Å². The first-order valence-corrected chi connectivity index (χ1v) is 11.5. The molecule has 1 aliphatic heterocycles. The maximum absolute atomic E-state index is 12.5. The number of hydrogen-bond acceptors (Lipinski definition) is 6. The third-order valence-electron chi connectivity index (χ3n) is 6.24. The van der Waals surface area contributed by atoms with Gasteiger partial charge >= 0.3 is 0 Å². The average Bonchev–Trinajstić information content (AvgIpc) is 3.29. The van der Waals surface area contributed by atoms with E-state index in [1.54, 1.807) is 10.9 Å². The summed E-state index contributed by atoms with van der Waals surface area (Å²) in [6, 6.07) is 18.3. The fraction of sp³-hybridized carbons (Fsp3) is 0.320. The Balaban J connectivity index is 1.25. The second kappa shape index (κ2) is 9.56. The van der Waals surface area contributed by atoms with Gasteiger partial charge in [0.15, 0.2) is 5.65 Å². The second-order valence-electron chi connectivity index (χ2n) is 8.42. The zero-order valence-corrected chi connectivity index (χ0v) is 18.9. The molecule has 33 heavy (non-hydrogen) atoms. The lowest BCUT2D eigenvalue weighted by Gasteiger charge is -2.34. The summed E-state index contributed by atoms with van der Waals surface area (Å²) in [5.41, 5.74) is 3.65. The van der Waals surface area contributed by atoms with Crippen molar-refractivity contribution < 1.29 is 0 Å². The highest BCUT2D eigenvalue weighted by atomic mass is 16.1. The zero-order valence-electron chi connectivity index (χ0n) is 18.9. The lowest BCUT2D eigenvalue weighted by Crippen LogP contribution is -2.45. The number of anilines is 1. The molecule has 0 saturated carbocycles. The number of nitrogens with zero attached hydrogens (tertiary/aromatic N) is 5. The third-order valence-corrected chi connectivity index (χ3v) is 6.24. The molecule has 0 spiro atoms. The zero-order chi connectivity index (χ0) is 22.6. The highest BCUT2D eigenvalue weighted by molar-refractivity contribution is 5.76. The standard InChI is InChI=1S/C25H29N7O/c1-2-30-12-14-31(15-13-30)18-20-10-8-19(9-11-20)16-26-25-28-23-22(24(33)29-25)17-27-32(23)21-6-4-3-5-7-21/h3-11,17H,2,12-16,18H2,1H3,(H2,26,28,29,33). The number of benzene rings is 2. The van der Waals surface area contributed by atoms with Crippen LogP contribution in [0.15, 0.2) is 65.6 Å². The van der Waals surface area contributed by atoms with Crippen LogP contribution in [0.5, 0.6) is 0 Å². The molecule has 1 aliphatic rings. The molecule has 5 rings (SSSR count). The van der Waals surface area contributed by atoms with E-state index in [0.717, 1.165) is 50.5 Å². The Morgan fingerprint density at radius 3 is 2.36 bits per heavy atom. The van der Waals surface area contributed by atoms with Crippen LogP contribution in [0.25, 0.3) is 16.7 Å². The van der Waals surface area contributed by atoms with Gasteiger partial charge in [-0.1, -0.05) is 49.4 Å². The summed E-state index contributed by atoms with van der Waals surface area (Å²) in [4.78, 5) is 25.0. The number of H-pyrrole nitrogens is 1. The minimum Gasteiger partial charge on any atom is -0.352 e. The van der Waals surface area contributed by atoms with Crippen molar-refractivity contribution >= 4 is 17.0 Å². The van der Waals surface area contributed by atoms with Crippen LogP contribution in [0.2, 0.25) is 0 Å². The Bertz CT molecular complexity index is 1260. The summed E-state index contributed by atoms with van der Waals surface area (Å²) in [5, 5.41) is 8.07. The number of rotatable bonds is 7. The molecule has 2 N–H and O–H groups in total. The molecular formula is C25H29N7O. The number of para-hydroxylation sites is 1. The predicted octanol–water partition coefficient (Wildman–Crippen LogP) is 2.86. The average molecular weight is 444 g/mol. The normalized spacial score (nSPS) is 15.2. The van der Waals surface area contributed by atoms with Crippen LogP contribution >= 0.6 is 0 Å². The fourth-order valence-electron chi connectivity index (χ4n) is 4.23. The van der Waals surface area contributed by atoms with E-state index in [2.05, 4.69) is 61.4 Å². The predicted molar refractivity (Wildman–Crippen MR) is 131 cm³/mol. The van der Waals surface area contributed by atoms with Crippen molar-refractivity contribution in [2.45, 2.75) is 20.0 Å². The molecule has 0 unspecified atom stereocenters. The van der Waals surface area contributed by atoms with Crippen LogP contribution in [0, 0.1) is 0 Å². The van der Waals surface area contributed by atoms with E-state index in [1.165, 1.54) is 5.56 Å². The molecule has 0 amide bonds. The molecule has 170 valence electrons. The number of hydrogen-bond donors (Lipinski definition) is 2. The quantitative estimate of drug-likeness (QED) is 0.457. The molecular weight excluding hydrogens is 414 g/mol. The van der Waals surface area contributed by atoms with Gasteiger partial charge in [0.25, 0.3) is 5.56 Å². The summed E-state index contributed by atoms with van der Waals surface area (Å²) >= 11 is 0. The van der Waals surface area contributed by atoms with E-state index in [-0.39, 0.29) is 5.56 Å². The molecule has 0 aliphatic carbocycles. The summed E-state index contributed by atoms with van der Waals surface area (Å²) in [7, 11) is 0. The molecule has 8 heteroatoms. The van der Waals surface area contributed by atoms with Crippen LogP contribution in [-0.4, -0.2) is 62.3 Å². The summed E-state index contributed by atoms with van der Waals surface area (Å²) in [6.07, 6.45) is 1.55. The van der Waals surface area contributed by atoms with Crippen molar-refractivity contribution in [3.05, 3.63) is 82.3 Å². The van der Waals surface area contributed by atoms with Gasteiger partial charge in [-0.3, -0.25) is 14.7 Å². The largest absolute Gasteiger partial charge is 0.352 e. The third kappa shape index (κ3) is 4.81. The number of likely N-dealkylation sites (N-methyl/N-ethyl adjacent to an activating group) is 1. The molecule has 8 nitrogen and oxygen atoms in total. The van der Waals surface area contributed by atoms with Gasteiger partial charge in [-0.05, 0) is 29.8 Å². The SMILES string of the molecule is CCN1CCN(Cc2ccc(CNc3nc4c(cnn4-c4ccccc4)c(=O)[nH]3)cc2)CC1. The number of nitrogens with one attached hydrogen (secondary N) is 2. The van der Waals surface area contributed by atoms with Gasteiger partial charge in [0.1, 0.15) is 5.39 Å². The highest BCUT2D eigenvalue weighted by Crippen LogP contribution is 2.15. The smallest absolute Gasteiger partial charge is 0.263 e. The monoisotopic (exact) mass is 443 g/mol. The molecule has 0 bridgehead atoms. The van der Waals surface area contributed by atoms with Crippen LogP contribution in [0.4, 0.5) is 5.95 Å². The molecule has 0 radical (unpaired) electrons. The van der Waals surface area contributed by atoms with Crippen LogP contribution in [0.3, 0.4) is 0 Å². The minimum absolute atomic E-state index is 0.205. The van der Waals surface area contributed by atoms with Gasteiger partial charge in [-0.25, -0.2) is 4.68 Å². The lowest BCUT2D eigenvalue weighted by atomic mass is 10.1. The molecule has 2 aromatic heterocycles. The fourth-order valence-corrected chi connectivity index (χ4v) is 4.23. The summed E-state index contributed by atoms with van der Waals surface area (Å²) in [6.45, 7) is 9.47. The molecule has 1 saturated heterocycles. The minimum atomic E-state index is -0.205. The van der Waals surface area contributed by atoms with E-state index in [4.69, 9.17) is 0 Å². The summed E-state index contributed by atoms with van der Waals surface area (Å²) < 4.78 is 1.69. The van der Waals surface area contributed by atoms with Gasteiger partial charge in [-0.2, -0.15) is 10.1 Å². The van der Waals surface area contributed by atoms with Crippen LogP contribution in [0.1, 0.15) is 18.1 Å². The molecule has 4 aromatic rings. The molecule has 2 aromatic carbocycles. The lowest BCUT2D eigenvalue weighted by molar-refractivity contribution is 0.132. The van der Waals surface area contributed by atoms with Gasteiger partial charge in [0.2, 0.25) is 5.95 Å². The van der Waals surface area contributed by atoms with Crippen molar-refractivity contribution in [1.82, 2.24) is 29.5 Å². The maximum atomic E-state index is 12.5. The first-order valence-electron chi connectivity index (χ1n) is 11.5. The van der Waals surface area contributed by atoms with Gasteiger partial charge in [0.05, 0.1) is 11.9 Å². The van der Waals surface area contributed by atoms with E-state index in [0.29, 0.717) is 23.5 Å². The van der Waals surface area contributed by atoms with Crippen LogP contribution < -0.4 is 10.9 Å². The molecule has 1 fully saturated rings. The number of fused-ring (bicyclic) bond motifs is 1. The van der Waals surface area contributed by atoms with Crippen molar-refractivity contribution in [2.75, 3.05) is 38.0 Å². The van der Waals surface area contributed by atoms with Crippen molar-refractivity contribution in [3.63, 3.8) is 0 Å². The van der Waals surface area contributed by atoms with E-state index < -0.39 is 0 Å². The summed E-state index contributed by atoms with van der Waals surface area (Å²) in [5.74, 6) is 0.433. The Morgan fingerprint density at radius 1 is 0.939 bits per heavy atom. The van der Waals surface area contributed by atoms with E-state index >= 15 is 0 Å². The Hall–Kier alpha value is -3.49. The Morgan fingerprint density at radius 2 is 1.64 bits per heavy atom. The molecule has 0 atom stereocenters. The topological polar surface area (TPSA) is 82.1 Å². The van der Waals surface area contributed by atoms with Crippen LogP contribution in [-0.2, 0) is 13.1 Å². The van der Waals surface area contributed by atoms with E-state index in [1.807, 2.05) is 30.3 Å². The van der Waals surface area contributed by atoms with Gasteiger partial charge < -0.3 is 10.2 Å². The first-order chi connectivity index (χ1) is 16.2. The van der Waals surface area contributed by atoms with E-state index in [9.17, 15) is 4.79 Å². The van der Waals surface area contributed by atoms with Crippen molar-refractivity contribution in [1.29, 1.82) is 0 Å². The van der Waals surface area contributed by atoms with Gasteiger partial charge in [-0.15, -0.1) is 0 Å². The number of piperazine rings is 1. The maximum Gasteiger partial charge on any atom is 0.263 e. The first kappa shape index (κ1) is 21.4. The number of aromatic nitrogens is 4. The highest BCUT2D eigenvalue weighted by Gasteiger charge is 2.15. The molecule has 3 heterocycles. The van der Waals surface area contributed by atoms with Gasteiger partial charge in [0, 0.05) is 39.3 Å².